The molecule has 0 aliphatic heterocycles. The van der Waals surface area contributed by atoms with Gasteiger partial charge >= 0.3 is 5.97 Å². The molecule has 0 aromatic heterocycles. The predicted octanol–water partition coefficient (Wildman–Crippen LogP) is 1.52. The molecule has 0 unspecified atom stereocenters. The lowest BCUT2D eigenvalue weighted by Gasteiger charge is -2.13. The molecular formula is C16H16N2O5S. The van der Waals surface area contributed by atoms with Crippen LogP contribution in [0.5, 0.6) is 0 Å². The normalized spacial score (nSPS) is 12.2. The van der Waals surface area contributed by atoms with E-state index in [0.29, 0.717) is 11.3 Å². The molecule has 0 spiro atoms. The van der Waals surface area contributed by atoms with Gasteiger partial charge in [-0.3, -0.25) is 4.79 Å². The molecule has 0 aliphatic rings. The number of hydrogen-bond acceptors (Lipinski definition) is 5. The lowest BCUT2D eigenvalue weighted by atomic mass is 10.2. The minimum Gasteiger partial charge on any atom is -0.449 e. The predicted molar refractivity (Wildman–Crippen MR) is 87.8 cm³/mol. The van der Waals surface area contributed by atoms with Gasteiger partial charge in [0.2, 0.25) is 10.0 Å². The molecule has 2 aromatic carbocycles. The summed E-state index contributed by atoms with van der Waals surface area (Å²) in [6.07, 6.45) is -1.02. The van der Waals surface area contributed by atoms with E-state index in [-0.39, 0.29) is 4.90 Å². The third-order valence-corrected chi connectivity index (χ3v) is 4.04. The van der Waals surface area contributed by atoms with Gasteiger partial charge in [0.1, 0.15) is 0 Å². The number of primary sulfonamides is 1. The quantitative estimate of drug-likeness (QED) is 0.795. The molecule has 3 N–H and O–H groups in total. The molecule has 2 aromatic rings. The number of nitrogens with two attached hydrogens (primary N) is 1. The average Bonchev–Trinajstić information content (AvgIpc) is 2.55. The van der Waals surface area contributed by atoms with Crippen LogP contribution < -0.4 is 10.5 Å². The minimum absolute atomic E-state index is 0.0657. The maximum absolute atomic E-state index is 12.0. The summed E-state index contributed by atoms with van der Waals surface area (Å²) >= 11 is 0. The van der Waals surface area contributed by atoms with E-state index >= 15 is 0 Å². The first-order valence-corrected chi connectivity index (χ1v) is 8.52. The van der Waals surface area contributed by atoms with Crippen molar-refractivity contribution >= 4 is 27.6 Å². The van der Waals surface area contributed by atoms with Gasteiger partial charge in [-0.25, -0.2) is 18.4 Å². The number of benzene rings is 2. The number of nitrogens with one attached hydrogen (secondary N) is 1. The molecule has 1 amide bonds. The highest BCUT2D eigenvalue weighted by Gasteiger charge is 2.19. The molecule has 2 rings (SSSR count). The van der Waals surface area contributed by atoms with E-state index in [0.717, 1.165) is 0 Å². The van der Waals surface area contributed by atoms with E-state index in [1.165, 1.54) is 31.2 Å². The van der Waals surface area contributed by atoms with Crippen molar-refractivity contribution in [2.75, 3.05) is 5.32 Å². The number of hydrogen-bond donors (Lipinski definition) is 2. The topological polar surface area (TPSA) is 116 Å². The van der Waals surface area contributed by atoms with E-state index in [2.05, 4.69) is 5.32 Å². The first kappa shape index (κ1) is 17.6. The van der Waals surface area contributed by atoms with E-state index in [4.69, 9.17) is 9.88 Å². The molecular weight excluding hydrogens is 332 g/mol. The van der Waals surface area contributed by atoms with Gasteiger partial charge in [-0.1, -0.05) is 18.2 Å². The van der Waals surface area contributed by atoms with Crippen LogP contribution >= 0.6 is 0 Å². The highest BCUT2D eigenvalue weighted by atomic mass is 32.2. The first-order valence-electron chi connectivity index (χ1n) is 6.97. The molecule has 7 nitrogen and oxygen atoms in total. The second-order valence-corrected chi connectivity index (χ2v) is 6.53. The monoisotopic (exact) mass is 348 g/mol. The Hall–Kier alpha value is -2.71. The lowest BCUT2D eigenvalue weighted by Crippen LogP contribution is -2.30. The zero-order valence-corrected chi connectivity index (χ0v) is 13.6. The summed E-state index contributed by atoms with van der Waals surface area (Å²) in [7, 11) is -3.79. The summed E-state index contributed by atoms with van der Waals surface area (Å²) in [6, 6.07) is 13.6. The van der Waals surface area contributed by atoms with Crippen molar-refractivity contribution in [2.24, 2.45) is 5.14 Å². The molecule has 0 bridgehead atoms. The van der Waals surface area contributed by atoms with Crippen LogP contribution in [0.25, 0.3) is 0 Å². The van der Waals surface area contributed by atoms with Gasteiger partial charge < -0.3 is 10.1 Å². The number of ether oxygens (including phenoxy) is 1. The summed E-state index contributed by atoms with van der Waals surface area (Å²) in [5, 5.41) is 7.52. The SMILES string of the molecule is C[C@H](OC(=O)c1ccccc1)C(=O)Nc1ccc(S(N)(=O)=O)cc1. The van der Waals surface area contributed by atoms with E-state index in [9.17, 15) is 18.0 Å². The number of carbonyl (C=O) groups excluding carboxylic acids is 2. The van der Waals surface area contributed by atoms with Crippen molar-refractivity contribution in [1.82, 2.24) is 0 Å². The molecule has 0 saturated heterocycles. The molecule has 0 heterocycles. The van der Waals surface area contributed by atoms with Crippen LogP contribution in [0, 0.1) is 0 Å². The fourth-order valence-corrected chi connectivity index (χ4v) is 2.34. The Labute approximate surface area is 139 Å². The second-order valence-electron chi connectivity index (χ2n) is 4.97. The molecule has 126 valence electrons. The van der Waals surface area contributed by atoms with Crippen molar-refractivity contribution in [3.8, 4) is 0 Å². The summed E-state index contributed by atoms with van der Waals surface area (Å²) in [5.41, 5.74) is 0.699. The van der Waals surface area contributed by atoms with Gasteiger partial charge in [0.25, 0.3) is 5.91 Å². The average molecular weight is 348 g/mol. The largest absolute Gasteiger partial charge is 0.449 e. The number of carbonyl (C=O) groups is 2. The molecule has 24 heavy (non-hydrogen) atoms. The van der Waals surface area contributed by atoms with Crippen molar-refractivity contribution in [1.29, 1.82) is 0 Å². The fraction of sp³-hybridized carbons (Fsp3) is 0.125. The second kappa shape index (κ2) is 7.24. The summed E-state index contributed by atoms with van der Waals surface area (Å²) in [5.74, 6) is -1.15. The number of rotatable bonds is 5. The Kier molecular flexibility index (Phi) is 5.32. The van der Waals surface area contributed by atoms with Crippen LogP contribution in [0.1, 0.15) is 17.3 Å². The van der Waals surface area contributed by atoms with Crippen LogP contribution in [0.2, 0.25) is 0 Å². The highest BCUT2D eigenvalue weighted by molar-refractivity contribution is 7.89. The maximum Gasteiger partial charge on any atom is 0.338 e. The summed E-state index contributed by atoms with van der Waals surface area (Å²) in [4.78, 5) is 23.8. The van der Waals surface area contributed by atoms with E-state index in [1.54, 1.807) is 30.3 Å². The van der Waals surface area contributed by atoms with Crippen molar-refractivity contribution in [3.05, 3.63) is 60.2 Å². The van der Waals surface area contributed by atoms with Crippen molar-refractivity contribution in [2.45, 2.75) is 17.9 Å². The Morgan fingerprint density at radius 3 is 2.17 bits per heavy atom. The van der Waals surface area contributed by atoms with Gasteiger partial charge in [0, 0.05) is 5.69 Å². The lowest BCUT2D eigenvalue weighted by molar-refractivity contribution is -0.123. The third-order valence-electron chi connectivity index (χ3n) is 3.11. The third kappa shape index (κ3) is 4.64. The molecule has 0 fully saturated rings. The van der Waals surface area contributed by atoms with Gasteiger partial charge in [0.05, 0.1) is 10.5 Å². The molecule has 8 heteroatoms. The Bertz CT molecular complexity index is 833. The van der Waals surface area contributed by atoms with Crippen molar-refractivity contribution in [3.63, 3.8) is 0 Å². The van der Waals surface area contributed by atoms with Crippen molar-refractivity contribution < 1.29 is 22.7 Å². The van der Waals surface area contributed by atoms with Gasteiger partial charge in [-0.2, -0.15) is 0 Å². The fourth-order valence-electron chi connectivity index (χ4n) is 1.83. The van der Waals surface area contributed by atoms with Crippen LogP contribution in [0.15, 0.2) is 59.5 Å². The molecule has 0 radical (unpaired) electrons. The zero-order chi connectivity index (χ0) is 17.7. The highest BCUT2D eigenvalue weighted by Crippen LogP contribution is 2.13. The standard InChI is InChI=1S/C16H16N2O5S/c1-11(23-16(20)12-5-3-2-4-6-12)15(19)18-13-7-9-14(10-8-13)24(17,21)22/h2-11H,1H3,(H,18,19)(H2,17,21,22)/t11-/m0/s1. The molecule has 0 aliphatic carbocycles. The number of anilines is 1. The number of amides is 1. The first-order chi connectivity index (χ1) is 11.3. The van der Waals surface area contributed by atoms with E-state index < -0.39 is 28.0 Å². The number of sulfonamides is 1. The Morgan fingerprint density at radius 1 is 1.04 bits per heavy atom. The summed E-state index contributed by atoms with van der Waals surface area (Å²) in [6.45, 7) is 1.44. The summed E-state index contributed by atoms with van der Waals surface area (Å²) < 4.78 is 27.4. The number of esters is 1. The van der Waals surface area contributed by atoms with Gasteiger partial charge in [-0.05, 0) is 43.3 Å². The molecule has 1 atom stereocenters. The van der Waals surface area contributed by atoms with Gasteiger partial charge in [0.15, 0.2) is 6.10 Å². The van der Waals surface area contributed by atoms with Crippen LogP contribution in [0.4, 0.5) is 5.69 Å². The van der Waals surface area contributed by atoms with Crippen LogP contribution in [0.3, 0.4) is 0 Å². The molecule has 0 saturated carbocycles. The van der Waals surface area contributed by atoms with Gasteiger partial charge in [-0.15, -0.1) is 0 Å². The minimum atomic E-state index is -3.79. The zero-order valence-electron chi connectivity index (χ0n) is 12.8. The Balaban J connectivity index is 1.98. The van der Waals surface area contributed by atoms with Crippen LogP contribution in [-0.4, -0.2) is 26.4 Å². The smallest absolute Gasteiger partial charge is 0.338 e. The van der Waals surface area contributed by atoms with E-state index in [1.807, 2.05) is 0 Å². The van der Waals surface area contributed by atoms with Crippen LogP contribution in [-0.2, 0) is 19.6 Å². The Morgan fingerprint density at radius 2 is 1.62 bits per heavy atom. The maximum atomic E-state index is 12.0.